The van der Waals surface area contributed by atoms with E-state index in [1.807, 2.05) is 0 Å². The highest BCUT2D eigenvalue weighted by atomic mass is 16.5. The molecule has 26 heavy (non-hydrogen) atoms. The minimum atomic E-state index is -0.137. The fourth-order valence-corrected chi connectivity index (χ4v) is 3.06. The van der Waals surface area contributed by atoms with Crippen molar-refractivity contribution in [3.05, 3.63) is 11.7 Å². The molecule has 1 aliphatic rings. The molecule has 1 fully saturated rings. The van der Waals surface area contributed by atoms with E-state index < -0.39 is 0 Å². The highest BCUT2D eigenvalue weighted by Crippen LogP contribution is 2.19. The SMILES string of the molecule is CCNC(=NCc1noc(C(C)(C)C)n1)NC1CCN(CC(C)C)CC1. The predicted molar refractivity (Wildman–Crippen MR) is 105 cm³/mol. The quantitative estimate of drug-likeness (QED) is 0.597. The Morgan fingerprint density at radius 1 is 1.31 bits per heavy atom. The zero-order valence-electron chi connectivity index (χ0n) is 17.3. The summed E-state index contributed by atoms with van der Waals surface area (Å²) in [7, 11) is 0. The molecule has 0 aliphatic carbocycles. The lowest BCUT2D eigenvalue weighted by molar-refractivity contribution is 0.187. The van der Waals surface area contributed by atoms with E-state index in [0.29, 0.717) is 24.3 Å². The number of guanidine groups is 1. The van der Waals surface area contributed by atoms with Crippen LogP contribution in [0.2, 0.25) is 0 Å². The van der Waals surface area contributed by atoms with Gasteiger partial charge in [0.25, 0.3) is 0 Å². The summed E-state index contributed by atoms with van der Waals surface area (Å²) in [6.07, 6.45) is 2.29. The Morgan fingerprint density at radius 3 is 2.54 bits per heavy atom. The molecular formula is C19H36N6O. The Balaban J connectivity index is 1.88. The predicted octanol–water partition coefficient (Wildman–Crippen LogP) is 2.54. The van der Waals surface area contributed by atoms with Crippen molar-refractivity contribution < 1.29 is 4.52 Å². The number of hydrogen-bond acceptors (Lipinski definition) is 5. The van der Waals surface area contributed by atoms with Crippen LogP contribution in [0, 0.1) is 5.92 Å². The highest BCUT2D eigenvalue weighted by molar-refractivity contribution is 5.80. The molecule has 2 rings (SSSR count). The minimum absolute atomic E-state index is 0.137. The molecule has 1 aromatic heterocycles. The molecule has 0 atom stereocenters. The number of nitrogens with zero attached hydrogens (tertiary/aromatic N) is 4. The highest BCUT2D eigenvalue weighted by Gasteiger charge is 2.22. The maximum atomic E-state index is 5.34. The number of aromatic nitrogens is 2. The summed E-state index contributed by atoms with van der Waals surface area (Å²) >= 11 is 0. The summed E-state index contributed by atoms with van der Waals surface area (Å²) in [4.78, 5) is 11.6. The average Bonchev–Trinajstić information content (AvgIpc) is 3.03. The van der Waals surface area contributed by atoms with Gasteiger partial charge in [-0.25, -0.2) is 4.99 Å². The van der Waals surface area contributed by atoms with E-state index >= 15 is 0 Å². The summed E-state index contributed by atoms with van der Waals surface area (Å²) in [6, 6.07) is 0.464. The lowest BCUT2D eigenvalue weighted by atomic mass is 9.97. The number of nitrogens with one attached hydrogen (secondary N) is 2. The van der Waals surface area contributed by atoms with Gasteiger partial charge in [0.1, 0.15) is 6.54 Å². The van der Waals surface area contributed by atoms with Gasteiger partial charge in [0, 0.05) is 37.6 Å². The first-order chi connectivity index (χ1) is 12.3. The molecule has 0 spiro atoms. The van der Waals surface area contributed by atoms with E-state index in [-0.39, 0.29) is 5.41 Å². The number of aliphatic imine (C=N–C) groups is 1. The Bertz CT molecular complexity index is 567. The zero-order valence-corrected chi connectivity index (χ0v) is 17.3. The standard InChI is InChI=1S/C19H36N6O/c1-7-20-18(21-12-16-23-17(26-24-16)19(4,5)6)22-15-8-10-25(11-9-15)13-14(2)3/h14-15H,7-13H2,1-6H3,(H2,20,21,22). The minimum Gasteiger partial charge on any atom is -0.357 e. The Labute approximate surface area is 158 Å². The molecule has 0 saturated carbocycles. The van der Waals surface area contributed by atoms with Crippen LogP contribution in [-0.2, 0) is 12.0 Å². The lowest BCUT2D eigenvalue weighted by Crippen LogP contribution is -2.49. The van der Waals surface area contributed by atoms with Crippen LogP contribution in [0.15, 0.2) is 9.52 Å². The average molecular weight is 365 g/mol. The maximum Gasteiger partial charge on any atom is 0.232 e. The number of rotatable bonds is 6. The van der Waals surface area contributed by atoms with Crippen LogP contribution < -0.4 is 10.6 Å². The third-order valence-electron chi connectivity index (χ3n) is 4.38. The molecule has 2 N–H and O–H groups in total. The molecule has 7 heteroatoms. The normalized spacial score (nSPS) is 17.7. The van der Waals surface area contributed by atoms with E-state index in [9.17, 15) is 0 Å². The molecule has 0 unspecified atom stereocenters. The van der Waals surface area contributed by atoms with E-state index in [4.69, 9.17) is 4.52 Å². The van der Waals surface area contributed by atoms with Gasteiger partial charge in [0.05, 0.1) is 0 Å². The van der Waals surface area contributed by atoms with Crippen molar-refractivity contribution in [2.24, 2.45) is 10.9 Å². The molecule has 1 saturated heterocycles. The molecule has 0 radical (unpaired) electrons. The lowest BCUT2D eigenvalue weighted by Gasteiger charge is -2.33. The molecular weight excluding hydrogens is 328 g/mol. The van der Waals surface area contributed by atoms with Gasteiger partial charge in [-0.1, -0.05) is 39.8 Å². The van der Waals surface area contributed by atoms with Gasteiger partial charge in [-0.05, 0) is 25.7 Å². The van der Waals surface area contributed by atoms with Gasteiger partial charge in [-0.15, -0.1) is 0 Å². The van der Waals surface area contributed by atoms with E-state index in [2.05, 4.69) is 72.2 Å². The van der Waals surface area contributed by atoms with Crippen LogP contribution in [0.1, 0.15) is 66.1 Å². The molecule has 1 aliphatic heterocycles. The molecule has 0 amide bonds. The van der Waals surface area contributed by atoms with Gasteiger partial charge < -0.3 is 20.1 Å². The summed E-state index contributed by atoms with van der Waals surface area (Å²) < 4.78 is 5.34. The summed E-state index contributed by atoms with van der Waals surface area (Å²) in [5.41, 5.74) is -0.137. The third-order valence-corrected chi connectivity index (χ3v) is 4.38. The largest absolute Gasteiger partial charge is 0.357 e. The molecule has 0 bridgehead atoms. The topological polar surface area (TPSA) is 78.6 Å². The first-order valence-corrected chi connectivity index (χ1v) is 9.88. The van der Waals surface area contributed by atoms with Crippen molar-refractivity contribution in [1.29, 1.82) is 0 Å². The van der Waals surface area contributed by atoms with E-state index in [1.165, 1.54) is 6.54 Å². The smallest absolute Gasteiger partial charge is 0.232 e. The molecule has 1 aromatic rings. The van der Waals surface area contributed by atoms with Gasteiger partial charge in [0.15, 0.2) is 11.8 Å². The summed E-state index contributed by atoms with van der Waals surface area (Å²) in [5.74, 6) is 2.83. The summed E-state index contributed by atoms with van der Waals surface area (Å²) in [5, 5.41) is 10.9. The van der Waals surface area contributed by atoms with Gasteiger partial charge in [-0.3, -0.25) is 0 Å². The fourth-order valence-electron chi connectivity index (χ4n) is 3.06. The van der Waals surface area contributed by atoms with Crippen molar-refractivity contribution in [1.82, 2.24) is 25.7 Å². The molecule has 0 aromatic carbocycles. The Morgan fingerprint density at radius 2 is 2.00 bits per heavy atom. The van der Waals surface area contributed by atoms with E-state index in [0.717, 1.165) is 44.4 Å². The van der Waals surface area contributed by atoms with Crippen LogP contribution in [0.25, 0.3) is 0 Å². The van der Waals surface area contributed by atoms with Crippen molar-refractivity contribution in [2.75, 3.05) is 26.2 Å². The molecule has 148 valence electrons. The first-order valence-electron chi connectivity index (χ1n) is 9.88. The summed E-state index contributed by atoms with van der Waals surface area (Å²) in [6.45, 7) is 17.6. The van der Waals surface area contributed by atoms with Crippen molar-refractivity contribution >= 4 is 5.96 Å². The number of hydrogen-bond donors (Lipinski definition) is 2. The third kappa shape index (κ3) is 6.59. The van der Waals surface area contributed by atoms with Crippen molar-refractivity contribution in [3.8, 4) is 0 Å². The van der Waals surface area contributed by atoms with Crippen LogP contribution in [0.5, 0.6) is 0 Å². The van der Waals surface area contributed by atoms with Crippen LogP contribution >= 0.6 is 0 Å². The molecule has 7 nitrogen and oxygen atoms in total. The van der Waals surface area contributed by atoms with Gasteiger partial charge in [-0.2, -0.15) is 4.98 Å². The first kappa shape index (κ1) is 20.7. The van der Waals surface area contributed by atoms with Crippen molar-refractivity contribution in [2.45, 2.75) is 72.4 Å². The maximum absolute atomic E-state index is 5.34. The van der Waals surface area contributed by atoms with Crippen LogP contribution in [0.3, 0.4) is 0 Å². The van der Waals surface area contributed by atoms with Crippen molar-refractivity contribution in [3.63, 3.8) is 0 Å². The zero-order chi connectivity index (χ0) is 19.2. The fraction of sp³-hybridized carbons (Fsp3) is 0.842. The Hall–Kier alpha value is -1.63. The van der Waals surface area contributed by atoms with Gasteiger partial charge >= 0.3 is 0 Å². The van der Waals surface area contributed by atoms with Gasteiger partial charge in [0.2, 0.25) is 5.89 Å². The second kappa shape index (κ2) is 9.35. The monoisotopic (exact) mass is 364 g/mol. The molecule has 2 heterocycles. The van der Waals surface area contributed by atoms with Crippen LogP contribution in [-0.4, -0.2) is 53.2 Å². The second-order valence-corrected chi connectivity index (χ2v) is 8.57. The number of piperidine rings is 1. The van der Waals surface area contributed by atoms with Crippen LogP contribution in [0.4, 0.5) is 0 Å². The Kier molecular flexibility index (Phi) is 7.43. The second-order valence-electron chi connectivity index (χ2n) is 8.57. The van der Waals surface area contributed by atoms with E-state index in [1.54, 1.807) is 0 Å². The number of likely N-dealkylation sites (tertiary alicyclic amines) is 1.